The van der Waals surface area contributed by atoms with Crippen molar-refractivity contribution in [2.24, 2.45) is 0 Å². The maximum atomic E-state index is 11.6. The Labute approximate surface area is 143 Å². The molecule has 0 radical (unpaired) electrons. The Morgan fingerprint density at radius 3 is 2.42 bits per heavy atom. The van der Waals surface area contributed by atoms with Gasteiger partial charge in [0, 0.05) is 16.9 Å². The quantitative estimate of drug-likeness (QED) is 0.605. The number of hydrogen-bond acceptors (Lipinski definition) is 2. The van der Waals surface area contributed by atoms with Crippen LogP contribution in [0.1, 0.15) is 28.4 Å². The van der Waals surface area contributed by atoms with E-state index in [4.69, 9.17) is 0 Å². The van der Waals surface area contributed by atoms with E-state index in [1.54, 1.807) is 0 Å². The topological polar surface area (TPSA) is 29.1 Å². The van der Waals surface area contributed by atoms with E-state index in [0.717, 1.165) is 35.2 Å². The standard InChI is InChI=1S/C22H21NO/c1-3-17-9-7-8-16(2)22(17)21-14-20(13-12-18(21)15-24)23-19-10-5-4-6-11-19/h4-15,23H,3H2,1-2H3. The van der Waals surface area contributed by atoms with Crippen LogP contribution in [0.3, 0.4) is 0 Å². The molecule has 0 heterocycles. The first-order chi connectivity index (χ1) is 11.7. The van der Waals surface area contributed by atoms with Gasteiger partial charge in [-0.05, 0) is 65.9 Å². The van der Waals surface area contributed by atoms with Crippen LogP contribution in [0.2, 0.25) is 0 Å². The average Bonchev–Trinajstić information content (AvgIpc) is 2.62. The fourth-order valence-corrected chi connectivity index (χ4v) is 3.05. The minimum atomic E-state index is 0.720. The van der Waals surface area contributed by atoms with Gasteiger partial charge in [0.25, 0.3) is 0 Å². The van der Waals surface area contributed by atoms with Crippen molar-refractivity contribution < 1.29 is 4.79 Å². The minimum absolute atomic E-state index is 0.720. The summed E-state index contributed by atoms with van der Waals surface area (Å²) in [5, 5.41) is 3.41. The second kappa shape index (κ2) is 7.14. The molecule has 0 fully saturated rings. The minimum Gasteiger partial charge on any atom is -0.356 e. The van der Waals surface area contributed by atoms with Crippen molar-refractivity contribution in [2.75, 3.05) is 5.32 Å². The Kier molecular flexibility index (Phi) is 4.76. The molecule has 24 heavy (non-hydrogen) atoms. The Morgan fingerprint density at radius 2 is 1.71 bits per heavy atom. The molecular formula is C22H21NO. The lowest BCUT2D eigenvalue weighted by Gasteiger charge is -2.16. The van der Waals surface area contributed by atoms with Crippen LogP contribution in [-0.2, 0) is 6.42 Å². The van der Waals surface area contributed by atoms with E-state index in [-0.39, 0.29) is 0 Å². The molecule has 0 saturated heterocycles. The maximum Gasteiger partial charge on any atom is 0.150 e. The summed E-state index contributed by atoms with van der Waals surface area (Å²) >= 11 is 0. The fourth-order valence-electron chi connectivity index (χ4n) is 3.05. The zero-order chi connectivity index (χ0) is 16.9. The number of benzene rings is 3. The molecular weight excluding hydrogens is 294 g/mol. The average molecular weight is 315 g/mol. The van der Waals surface area contributed by atoms with Gasteiger partial charge in [0.05, 0.1) is 0 Å². The predicted molar refractivity (Wildman–Crippen MR) is 101 cm³/mol. The van der Waals surface area contributed by atoms with Gasteiger partial charge in [-0.3, -0.25) is 4.79 Å². The molecule has 0 spiro atoms. The van der Waals surface area contributed by atoms with Gasteiger partial charge in [-0.2, -0.15) is 0 Å². The number of anilines is 2. The molecule has 1 N–H and O–H groups in total. The molecule has 2 nitrogen and oxygen atoms in total. The molecule has 0 unspecified atom stereocenters. The van der Waals surface area contributed by atoms with Gasteiger partial charge in [0.1, 0.15) is 0 Å². The number of para-hydroxylation sites is 1. The van der Waals surface area contributed by atoms with Crippen LogP contribution >= 0.6 is 0 Å². The Balaban J connectivity index is 2.10. The molecule has 3 rings (SSSR count). The third kappa shape index (κ3) is 3.23. The first kappa shape index (κ1) is 16.0. The molecule has 0 aromatic heterocycles. The van der Waals surface area contributed by atoms with Crippen molar-refractivity contribution in [3.8, 4) is 11.1 Å². The Hall–Kier alpha value is -2.87. The molecule has 0 aliphatic heterocycles. The van der Waals surface area contributed by atoms with E-state index >= 15 is 0 Å². The second-order valence-corrected chi connectivity index (χ2v) is 5.87. The lowest BCUT2D eigenvalue weighted by Crippen LogP contribution is -1.97. The van der Waals surface area contributed by atoms with Crippen LogP contribution in [0.5, 0.6) is 0 Å². The molecule has 120 valence electrons. The van der Waals surface area contributed by atoms with Crippen LogP contribution in [-0.4, -0.2) is 6.29 Å². The third-order valence-electron chi connectivity index (χ3n) is 4.25. The van der Waals surface area contributed by atoms with Gasteiger partial charge in [-0.1, -0.05) is 43.3 Å². The van der Waals surface area contributed by atoms with Gasteiger partial charge < -0.3 is 5.32 Å². The Bertz CT molecular complexity index is 853. The van der Waals surface area contributed by atoms with Gasteiger partial charge >= 0.3 is 0 Å². The van der Waals surface area contributed by atoms with E-state index in [1.165, 1.54) is 16.7 Å². The van der Waals surface area contributed by atoms with Crippen LogP contribution in [0.15, 0.2) is 66.7 Å². The van der Waals surface area contributed by atoms with E-state index < -0.39 is 0 Å². The number of rotatable bonds is 5. The van der Waals surface area contributed by atoms with Crippen LogP contribution in [0, 0.1) is 6.92 Å². The first-order valence-corrected chi connectivity index (χ1v) is 8.23. The summed E-state index contributed by atoms with van der Waals surface area (Å²) in [7, 11) is 0. The highest BCUT2D eigenvalue weighted by Crippen LogP contribution is 2.33. The van der Waals surface area contributed by atoms with Crippen molar-refractivity contribution in [2.45, 2.75) is 20.3 Å². The van der Waals surface area contributed by atoms with Gasteiger partial charge in [-0.15, -0.1) is 0 Å². The van der Waals surface area contributed by atoms with Crippen molar-refractivity contribution in [1.29, 1.82) is 0 Å². The number of carbonyl (C=O) groups excluding carboxylic acids is 1. The smallest absolute Gasteiger partial charge is 0.150 e. The highest BCUT2D eigenvalue weighted by atomic mass is 16.1. The molecule has 2 heteroatoms. The van der Waals surface area contributed by atoms with Gasteiger partial charge in [0.2, 0.25) is 0 Å². The first-order valence-electron chi connectivity index (χ1n) is 8.23. The third-order valence-corrected chi connectivity index (χ3v) is 4.25. The lowest BCUT2D eigenvalue weighted by atomic mass is 9.90. The van der Waals surface area contributed by atoms with Crippen LogP contribution in [0.25, 0.3) is 11.1 Å². The molecule has 0 atom stereocenters. The van der Waals surface area contributed by atoms with Crippen molar-refractivity contribution in [3.63, 3.8) is 0 Å². The molecule has 0 bridgehead atoms. The molecule has 3 aromatic rings. The summed E-state index contributed by atoms with van der Waals surface area (Å²) in [4.78, 5) is 11.6. The SMILES string of the molecule is CCc1cccc(C)c1-c1cc(Nc2ccccc2)ccc1C=O. The normalized spacial score (nSPS) is 10.4. The highest BCUT2D eigenvalue weighted by Gasteiger charge is 2.12. The van der Waals surface area contributed by atoms with Crippen molar-refractivity contribution in [3.05, 3.63) is 83.4 Å². The number of hydrogen-bond donors (Lipinski definition) is 1. The summed E-state index contributed by atoms with van der Waals surface area (Å²) in [6.45, 7) is 4.24. The molecule has 0 amide bonds. The summed E-state index contributed by atoms with van der Waals surface area (Å²) in [5.41, 5.74) is 7.33. The Morgan fingerprint density at radius 1 is 0.917 bits per heavy atom. The number of aryl methyl sites for hydroxylation is 2. The summed E-state index contributed by atoms with van der Waals surface area (Å²) in [5.74, 6) is 0. The molecule has 0 aliphatic rings. The largest absolute Gasteiger partial charge is 0.356 e. The number of nitrogens with one attached hydrogen (secondary N) is 1. The molecule has 0 aliphatic carbocycles. The summed E-state index contributed by atoms with van der Waals surface area (Å²) in [6, 6.07) is 22.3. The number of aldehydes is 1. The lowest BCUT2D eigenvalue weighted by molar-refractivity contribution is 0.112. The highest BCUT2D eigenvalue weighted by molar-refractivity contribution is 5.91. The number of carbonyl (C=O) groups is 1. The van der Waals surface area contributed by atoms with Crippen LogP contribution < -0.4 is 5.32 Å². The van der Waals surface area contributed by atoms with E-state index in [0.29, 0.717) is 0 Å². The fraction of sp³-hybridized carbons (Fsp3) is 0.136. The monoisotopic (exact) mass is 315 g/mol. The summed E-state index contributed by atoms with van der Waals surface area (Å²) in [6.07, 6.45) is 1.87. The molecule has 0 saturated carbocycles. The summed E-state index contributed by atoms with van der Waals surface area (Å²) < 4.78 is 0. The molecule has 3 aromatic carbocycles. The van der Waals surface area contributed by atoms with Gasteiger partial charge in [0.15, 0.2) is 6.29 Å². The van der Waals surface area contributed by atoms with E-state index in [9.17, 15) is 4.79 Å². The maximum absolute atomic E-state index is 11.6. The van der Waals surface area contributed by atoms with Crippen LogP contribution in [0.4, 0.5) is 11.4 Å². The van der Waals surface area contributed by atoms with Gasteiger partial charge in [-0.25, -0.2) is 0 Å². The second-order valence-electron chi connectivity index (χ2n) is 5.87. The van der Waals surface area contributed by atoms with Crippen molar-refractivity contribution >= 4 is 17.7 Å². The van der Waals surface area contributed by atoms with Crippen molar-refractivity contribution in [1.82, 2.24) is 0 Å². The zero-order valence-corrected chi connectivity index (χ0v) is 14.0. The van der Waals surface area contributed by atoms with E-state index in [2.05, 4.69) is 43.4 Å². The van der Waals surface area contributed by atoms with E-state index in [1.807, 2.05) is 42.5 Å². The predicted octanol–water partition coefficient (Wildman–Crippen LogP) is 5.78. The zero-order valence-electron chi connectivity index (χ0n) is 14.0.